The first-order valence-electron chi connectivity index (χ1n) is 4.83. The van der Waals surface area contributed by atoms with Crippen molar-refractivity contribution in [2.75, 3.05) is 5.43 Å². The molecule has 82 valence electrons. The highest BCUT2D eigenvalue weighted by molar-refractivity contribution is 7.10. The van der Waals surface area contributed by atoms with Gasteiger partial charge >= 0.3 is 0 Å². The molecule has 0 aliphatic carbocycles. The van der Waals surface area contributed by atoms with Crippen LogP contribution in [0.1, 0.15) is 4.88 Å². The molecule has 4 nitrogen and oxygen atoms in total. The molecular weight excluding hydrogens is 222 g/mol. The quantitative estimate of drug-likeness (QED) is 0.792. The number of pyridine rings is 1. The third kappa shape index (κ3) is 3.06. The maximum absolute atomic E-state index is 11.5. The molecule has 0 bridgehead atoms. The lowest BCUT2D eigenvalue weighted by molar-refractivity contribution is -0.119. The lowest BCUT2D eigenvalue weighted by atomic mass is 10.3. The number of carbonyl (C=O) groups is 1. The zero-order valence-electron chi connectivity index (χ0n) is 8.51. The van der Waals surface area contributed by atoms with Gasteiger partial charge in [0.05, 0.1) is 6.42 Å². The smallest absolute Gasteiger partial charge is 0.243 e. The molecular formula is C11H11N3OS. The molecule has 16 heavy (non-hydrogen) atoms. The van der Waals surface area contributed by atoms with E-state index in [0.717, 1.165) is 4.88 Å². The Balaban J connectivity index is 1.80. The number of carbonyl (C=O) groups excluding carboxylic acids is 1. The molecule has 0 aromatic carbocycles. The summed E-state index contributed by atoms with van der Waals surface area (Å²) in [5, 5.41) is 1.95. The van der Waals surface area contributed by atoms with Crippen molar-refractivity contribution in [2.24, 2.45) is 0 Å². The summed E-state index contributed by atoms with van der Waals surface area (Å²) in [7, 11) is 0. The fraction of sp³-hybridized carbons (Fsp3) is 0.0909. The molecule has 5 heteroatoms. The van der Waals surface area contributed by atoms with Crippen molar-refractivity contribution >= 4 is 23.1 Å². The second-order valence-electron chi connectivity index (χ2n) is 3.14. The van der Waals surface area contributed by atoms with Gasteiger partial charge in [0.25, 0.3) is 0 Å². The molecule has 0 radical (unpaired) electrons. The number of hydrogen-bond donors (Lipinski definition) is 2. The number of nitrogens with one attached hydrogen (secondary N) is 2. The molecule has 2 aromatic rings. The van der Waals surface area contributed by atoms with Gasteiger partial charge in [-0.05, 0) is 23.6 Å². The SMILES string of the molecule is O=C(Cc1cccs1)NNc1ccccn1. The van der Waals surface area contributed by atoms with Crippen molar-refractivity contribution in [1.82, 2.24) is 10.4 Å². The van der Waals surface area contributed by atoms with E-state index in [1.54, 1.807) is 23.6 Å². The van der Waals surface area contributed by atoms with E-state index in [1.165, 1.54) is 0 Å². The lowest BCUT2D eigenvalue weighted by Gasteiger charge is -2.06. The zero-order valence-corrected chi connectivity index (χ0v) is 9.33. The average molecular weight is 233 g/mol. The minimum Gasteiger partial charge on any atom is -0.282 e. The van der Waals surface area contributed by atoms with Crippen molar-refractivity contribution in [3.63, 3.8) is 0 Å². The molecule has 0 saturated carbocycles. The molecule has 2 aromatic heterocycles. The summed E-state index contributed by atoms with van der Waals surface area (Å²) < 4.78 is 0. The molecule has 0 aliphatic rings. The van der Waals surface area contributed by atoms with Crippen molar-refractivity contribution in [3.05, 3.63) is 46.8 Å². The molecule has 2 N–H and O–H groups in total. The Hall–Kier alpha value is -1.88. The summed E-state index contributed by atoms with van der Waals surface area (Å²) in [5.74, 6) is 0.551. The van der Waals surface area contributed by atoms with Crippen LogP contribution in [0.2, 0.25) is 0 Å². The summed E-state index contributed by atoms with van der Waals surface area (Å²) in [6.45, 7) is 0. The van der Waals surface area contributed by atoms with Crippen LogP contribution in [0.5, 0.6) is 0 Å². The summed E-state index contributed by atoms with van der Waals surface area (Å²) in [6.07, 6.45) is 2.05. The normalized spacial score (nSPS) is 9.75. The topological polar surface area (TPSA) is 54.0 Å². The number of anilines is 1. The highest BCUT2D eigenvalue weighted by Crippen LogP contribution is 2.08. The second-order valence-corrected chi connectivity index (χ2v) is 4.18. The standard InChI is InChI=1S/C11H11N3OS/c15-11(8-9-4-3-7-16-9)14-13-10-5-1-2-6-12-10/h1-7H,8H2,(H,12,13)(H,14,15). The van der Waals surface area contributed by atoms with Crippen LogP contribution in [-0.2, 0) is 11.2 Å². The Morgan fingerprint density at radius 1 is 1.31 bits per heavy atom. The maximum Gasteiger partial charge on any atom is 0.243 e. The first-order valence-corrected chi connectivity index (χ1v) is 5.71. The number of hydrogen-bond acceptors (Lipinski definition) is 4. The van der Waals surface area contributed by atoms with Gasteiger partial charge in [-0.1, -0.05) is 12.1 Å². The second kappa shape index (κ2) is 5.27. The van der Waals surface area contributed by atoms with Crippen LogP contribution in [0.15, 0.2) is 41.9 Å². The van der Waals surface area contributed by atoms with Crippen LogP contribution in [0.3, 0.4) is 0 Å². The van der Waals surface area contributed by atoms with Gasteiger partial charge in [-0.25, -0.2) is 4.98 Å². The number of amides is 1. The van der Waals surface area contributed by atoms with Crippen molar-refractivity contribution in [3.8, 4) is 0 Å². The van der Waals surface area contributed by atoms with Gasteiger partial charge in [-0.15, -0.1) is 11.3 Å². The molecule has 0 fully saturated rings. The third-order valence-corrected chi connectivity index (χ3v) is 2.79. The van der Waals surface area contributed by atoms with E-state index in [9.17, 15) is 4.79 Å². The number of hydrazine groups is 1. The average Bonchev–Trinajstić information content (AvgIpc) is 2.81. The van der Waals surface area contributed by atoms with Crippen LogP contribution in [0.25, 0.3) is 0 Å². The molecule has 0 unspecified atom stereocenters. The van der Waals surface area contributed by atoms with Gasteiger partial charge in [0.2, 0.25) is 5.91 Å². The summed E-state index contributed by atoms with van der Waals surface area (Å²) in [6, 6.07) is 9.31. The Kier molecular flexibility index (Phi) is 3.50. The zero-order chi connectivity index (χ0) is 11.2. The van der Waals surface area contributed by atoms with Crippen LogP contribution in [-0.4, -0.2) is 10.9 Å². The van der Waals surface area contributed by atoms with E-state index in [0.29, 0.717) is 12.2 Å². The lowest BCUT2D eigenvalue weighted by Crippen LogP contribution is -2.30. The summed E-state index contributed by atoms with van der Waals surface area (Å²) >= 11 is 1.57. The Morgan fingerprint density at radius 2 is 2.25 bits per heavy atom. The number of rotatable bonds is 4. The van der Waals surface area contributed by atoms with Crippen molar-refractivity contribution < 1.29 is 4.79 Å². The minimum absolute atomic E-state index is 0.0758. The number of nitrogens with zero attached hydrogens (tertiary/aromatic N) is 1. The predicted molar refractivity (Wildman–Crippen MR) is 64.0 cm³/mol. The molecule has 2 heterocycles. The van der Waals surface area contributed by atoms with Crippen LogP contribution in [0, 0.1) is 0 Å². The Labute approximate surface area is 97.3 Å². The molecule has 0 saturated heterocycles. The molecule has 0 spiro atoms. The van der Waals surface area contributed by atoms with E-state index >= 15 is 0 Å². The van der Waals surface area contributed by atoms with Gasteiger partial charge in [-0.3, -0.25) is 15.6 Å². The van der Waals surface area contributed by atoms with Gasteiger partial charge in [0.15, 0.2) is 0 Å². The highest BCUT2D eigenvalue weighted by Gasteiger charge is 2.03. The van der Waals surface area contributed by atoms with Crippen molar-refractivity contribution in [1.29, 1.82) is 0 Å². The van der Waals surface area contributed by atoms with E-state index < -0.39 is 0 Å². The van der Waals surface area contributed by atoms with Gasteiger partial charge in [0.1, 0.15) is 5.82 Å². The van der Waals surface area contributed by atoms with E-state index in [2.05, 4.69) is 15.8 Å². The molecule has 0 aliphatic heterocycles. The maximum atomic E-state index is 11.5. The predicted octanol–water partition coefficient (Wildman–Crippen LogP) is 1.83. The van der Waals surface area contributed by atoms with Crippen molar-refractivity contribution in [2.45, 2.75) is 6.42 Å². The highest BCUT2D eigenvalue weighted by atomic mass is 32.1. The van der Waals surface area contributed by atoms with Crippen LogP contribution < -0.4 is 10.9 Å². The fourth-order valence-corrected chi connectivity index (χ4v) is 1.89. The van der Waals surface area contributed by atoms with Gasteiger partial charge in [-0.2, -0.15) is 0 Å². The number of thiophene rings is 1. The Morgan fingerprint density at radius 3 is 2.94 bits per heavy atom. The van der Waals surface area contributed by atoms with Gasteiger partial charge in [0, 0.05) is 11.1 Å². The monoisotopic (exact) mass is 233 g/mol. The first-order chi connectivity index (χ1) is 7.84. The minimum atomic E-state index is -0.0758. The van der Waals surface area contributed by atoms with Gasteiger partial charge < -0.3 is 0 Å². The molecule has 2 rings (SSSR count). The van der Waals surface area contributed by atoms with E-state index in [1.807, 2.05) is 29.6 Å². The van der Waals surface area contributed by atoms with E-state index in [-0.39, 0.29) is 5.91 Å². The summed E-state index contributed by atoms with van der Waals surface area (Å²) in [5.41, 5.74) is 5.34. The first kappa shape index (κ1) is 10.6. The largest absolute Gasteiger partial charge is 0.282 e. The molecule has 0 atom stereocenters. The van der Waals surface area contributed by atoms with Crippen LogP contribution in [0.4, 0.5) is 5.82 Å². The van der Waals surface area contributed by atoms with Crippen LogP contribution >= 0.6 is 11.3 Å². The van der Waals surface area contributed by atoms with E-state index in [4.69, 9.17) is 0 Å². The number of aromatic nitrogens is 1. The summed E-state index contributed by atoms with van der Waals surface area (Å²) in [4.78, 5) is 16.6. The Bertz CT molecular complexity index is 442. The third-order valence-electron chi connectivity index (χ3n) is 1.91. The molecule has 1 amide bonds. The fourth-order valence-electron chi connectivity index (χ4n) is 1.19.